The number of nitrogens with zero attached hydrogens (tertiary/aromatic N) is 3. The van der Waals surface area contributed by atoms with Gasteiger partial charge in [0.05, 0.1) is 0 Å². The fourth-order valence-corrected chi connectivity index (χ4v) is 3.16. The molecule has 23 heavy (non-hydrogen) atoms. The topological polar surface area (TPSA) is 60.0 Å². The number of carbonyl (C=O) groups excluding carboxylic acids is 1. The van der Waals surface area contributed by atoms with E-state index in [9.17, 15) is 4.79 Å². The van der Waals surface area contributed by atoms with Crippen LogP contribution in [0.2, 0.25) is 0 Å². The normalized spacial score (nSPS) is 17.4. The highest BCUT2D eigenvalue weighted by Gasteiger charge is 2.34. The summed E-state index contributed by atoms with van der Waals surface area (Å²) in [7, 11) is 7.80. The number of carbonyl (C=O) groups is 1. The number of amides is 1. The molecule has 6 nitrogen and oxygen atoms in total. The molecule has 0 atom stereocenters. The van der Waals surface area contributed by atoms with Gasteiger partial charge in [0.1, 0.15) is 6.54 Å². The predicted molar refractivity (Wildman–Crippen MR) is 96.7 cm³/mol. The Morgan fingerprint density at radius 2 is 1.78 bits per heavy atom. The molecule has 1 aliphatic rings. The lowest BCUT2D eigenvalue weighted by Crippen LogP contribution is -2.46. The highest BCUT2D eigenvalue weighted by atomic mass is 16.2. The highest BCUT2D eigenvalue weighted by Crippen LogP contribution is 2.37. The van der Waals surface area contributed by atoms with Gasteiger partial charge in [-0.15, -0.1) is 0 Å². The van der Waals surface area contributed by atoms with Crippen LogP contribution in [0.15, 0.2) is 4.99 Å². The van der Waals surface area contributed by atoms with Crippen LogP contribution >= 0.6 is 0 Å². The SMILES string of the molecule is CCCNC(=NCC(=O)N(C)C)NCC1(CN(C)C)CCCC1. The molecule has 1 rings (SSSR count). The summed E-state index contributed by atoms with van der Waals surface area (Å²) in [5.74, 6) is 0.776. The van der Waals surface area contributed by atoms with Gasteiger partial charge in [-0.1, -0.05) is 19.8 Å². The number of aliphatic imine (C=N–C) groups is 1. The van der Waals surface area contributed by atoms with Gasteiger partial charge in [0, 0.05) is 39.1 Å². The summed E-state index contributed by atoms with van der Waals surface area (Å²) in [5, 5.41) is 6.79. The third-order valence-electron chi connectivity index (χ3n) is 4.36. The van der Waals surface area contributed by atoms with Gasteiger partial charge in [0.25, 0.3) is 0 Å². The Balaban J connectivity index is 2.64. The number of nitrogens with one attached hydrogen (secondary N) is 2. The second-order valence-corrected chi connectivity index (χ2v) is 7.18. The minimum Gasteiger partial charge on any atom is -0.356 e. The second-order valence-electron chi connectivity index (χ2n) is 7.18. The maximum atomic E-state index is 11.7. The average molecular weight is 326 g/mol. The predicted octanol–water partition coefficient (Wildman–Crippen LogP) is 1.14. The fourth-order valence-electron chi connectivity index (χ4n) is 3.16. The highest BCUT2D eigenvalue weighted by molar-refractivity contribution is 5.84. The maximum absolute atomic E-state index is 11.7. The number of rotatable bonds is 8. The monoisotopic (exact) mass is 325 g/mol. The van der Waals surface area contributed by atoms with Crippen molar-refractivity contribution < 1.29 is 4.79 Å². The van der Waals surface area contributed by atoms with Crippen molar-refractivity contribution in [2.75, 3.05) is 54.4 Å². The first-order valence-corrected chi connectivity index (χ1v) is 8.75. The summed E-state index contributed by atoms with van der Waals surface area (Å²) in [4.78, 5) is 20.0. The first-order valence-electron chi connectivity index (χ1n) is 8.75. The summed E-state index contributed by atoms with van der Waals surface area (Å²) in [6.45, 7) is 5.18. The van der Waals surface area contributed by atoms with Gasteiger partial charge in [-0.2, -0.15) is 0 Å². The molecule has 2 N–H and O–H groups in total. The molecule has 0 radical (unpaired) electrons. The van der Waals surface area contributed by atoms with Crippen molar-refractivity contribution in [2.45, 2.75) is 39.0 Å². The largest absolute Gasteiger partial charge is 0.356 e. The summed E-state index contributed by atoms with van der Waals surface area (Å²) in [5.41, 5.74) is 0.323. The molecule has 1 fully saturated rings. The van der Waals surface area contributed by atoms with Gasteiger partial charge < -0.3 is 20.4 Å². The fraction of sp³-hybridized carbons (Fsp3) is 0.882. The van der Waals surface area contributed by atoms with Crippen molar-refractivity contribution in [2.24, 2.45) is 10.4 Å². The molecule has 0 unspecified atom stereocenters. The second kappa shape index (κ2) is 9.75. The third-order valence-corrected chi connectivity index (χ3v) is 4.36. The minimum atomic E-state index is 0.0199. The van der Waals surface area contributed by atoms with Gasteiger partial charge in [0.15, 0.2) is 5.96 Å². The van der Waals surface area contributed by atoms with Crippen LogP contribution in [0.25, 0.3) is 0 Å². The summed E-state index contributed by atoms with van der Waals surface area (Å²) < 4.78 is 0. The first kappa shape index (κ1) is 19.7. The van der Waals surface area contributed by atoms with E-state index in [0.717, 1.165) is 32.0 Å². The Kier molecular flexibility index (Phi) is 8.37. The van der Waals surface area contributed by atoms with E-state index in [1.807, 2.05) is 0 Å². The lowest BCUT2D eigenvalue weighted by atomic mass is 9.85. The Bertz CT molecular complexity index is 386. The quantitative estimate of drug-likeness (QED) is 0.519. The average Bonchev–Trinajstić information content (AvgIpc) is 2.93. The Morgan fingerprint density at radius 1 is 1.13 bits per heavy atom. The van der Waals surface area contributed by atoms with E-state index in [1.165, 1.54) is 25.7 Å². The number of likely N-dealkylation sites (N-methyl/N-ethyl adjacent to an activating group) is 1. The summed E-state index contributed by atoms with van der Waals surface area (Å²) >= 11 is 0. The first-order chi connectivity index (χ1) is 10.9. The van der Waals surface area contributed by atoms with Crippen molar-refractivity contribution in [3.63, 3.8) is 0 Å². The Hall–Kier alpha value is -1.30. The van der Waals surface area contributed by atoms with Crippen LogP contribution in [-0.4, -0.2) is 76.0 Å². The van der Waals surface area contributed by atoms with Gasteiger partial charge in [0.2, 0.25) is 5.91 Å². The lowest BCUT2D eigenvalue weighted by molar-refractivity contribution is -0.127. The number of hydrogen-bond donors (Lipinski definition) is 2. The van der Waals surface area contributed by atoms with E-state index in [0.29, 0.717) is 5.41 Å². The molecule has 1 saturated carbocycles. The zero-order chi connectivity index (χ0) is 17.3. The molecule has 0 aromatic carbocycles. The summed E-state index contributed by atoms with van der Waals surface area (Å²) in [6, 6.07) is 0. The molecule has 0 bridgehead atoms. The standard InChI is InChI=1S/C17H35N5O/c1-6-11-18-16(19-12-15(23)22(4)5)20-13-17(14-21(2)3)9-7-8-10-17/h6-14H2,1-5H3,(H2,18,19,20). The molecule has 0 aromatic heterocycles. The van der Waals surface area contributed by atoms with Crippen LogP contribution in [0.5, 0.6) is 0 Å². The lowest BCUT2D eigenvalue weighted by Gasteiger charge is -2.33. The van der Waals surface area contributed by atoms with Crippen molar-refractivity contribution in [3.05, 3.63) is 0 Å². The number of guanidine groups is 1. The van der Waals surface area contributed by atoms with Crippen LogP contribution in [0.3, 0.4) is 0 Å². The molecular weight excluding hydrogens is 290 g/mol. The molecule has 1 aliphatic carbocycles. The van der Waals surface area contributed by atoms with Crippen LogP contribution in [-0.2, 0) is 4.79 Å². The van der Waals surface area contributed by atoms with Crippen molar-refractivity contribution in [1.29, 1.82) is 0 Å². The Morgan fingerprint density at radius 3 is 2.30 bits per heavy atom. The van der Waals surface area contributed by atoms with Gasteiger partial charge in [-0.3, -0.25) is 4.79 Å². The van der Waals surface area contributed by atoms with Crippen molar-refractivity contribution >= 4 is 11.9 Å². The Labute approximate surface area is 141 Å². The zero-order valence-electron chi connectivity index (χ0n) is 15.6. The van der Waals surface area contributed by atoms with E-state index < -0.39 is 0 Å². The van der Waals surface area contributed by atoms with Gasteiger partial charge in [-0.05, 0) is 33.4 Å². The summed E-state index contributed by atoms with van der Waals surface area (Å²) in [6.07, 6.45) is 6.17. The molecule has 0 heterocycles. The molecule has 6 heteroatoms. The van der Waals surface area contributed by atoms with E-state index >= 15 is 0 Å². The third kappa shape index (κ3) is 7.20. The van der Waals surface area contributed by atoms with E-state index in [4.69, 9.17) is 0 Å². The molecular formula is C17H35N5O. The van der Waals surface area contributed by atoms with Crippen molar-refractivity contribution in [1.82, 2.24) is 20.4 Å². The van der Waals surface area contributed by atoms with E-state index in [-0.39, 0.29) is 12.5 Å². The molecule has 0 aromatic rings. The van der Waals surface area contributed by atoms with E-state index in [2.05, 4.69) is 41.5 Å². The van der Waals surface area contributed by atoms with Crippen molar-refractivity contribution in [3.8, 4) is 0 Å². The molecule has 134 valence electrons. The van der Waals surface area contributed by atoms with Crippen LogP contribution in [0, 0.1) is 5.41 Å². The maximum Gasteiger partial charge on any atom is 0.243 e. The molecule has 1 amide bonds. The van der Waals surface area contributed by atoms with E-state index in [1.54, 1.807) is 19.0 Å². The van der Waals surface area contributed by atoms with Crippen LogP contribution < -0.4 is 10.6 Å². The van der Waals surface area contributed by atoms with Crippen LogP contribution in [0.1, 0.15) is 39.0 Å². The molecule has 0 saturated heterocycles. The minimum absolute atomic E-state index is 0.0199. The smallest absolute Gasteiger partial charge is 0.243 e. The number of hydrogen-bond acceptors (Lipinski definition) is 3. The van der Waals surface area contributed by atoms with Gasteiger partial charge >= 0.3 is 0 Å². The molecule has 0 aliphatic heterocycles. The zero-order valence-corrected chi connectivity index (χ0v) is 15.6. The van der Waals surface area contributed by atoms with Gasteiger partial charge in [-0.25, -0.2) is 4.99 Å². The van der Waals surface area contributed by atoms with Crippen LogP contribution in [0.4, 0.5) is 0 Å². The molecule has 0 spiro atoms.